The topological polar surface area (TPSA) is 127 Å². The predicted molar refractivity (Wildman–Crippen MR) is 185 cm³/mol. The van der Waals surface area contributed by atoms with E-state index in [1.165, 1.54) is 12.7 Å². The van der Waals surface area contributed by atoms with Crippen LogP contribution in [0.1, 0.15) is 84.5 Å². The lowest BCUT2D eigenvalue weighted by molar-refractivity contribution is -0.118. The van der Waals surface area contributed by atoms with Crippen LogP contribution in [0.4, 0.5) is 10.5 Å². The molecule has 6 rings (SSSR count). The van der Waals surface area contributed by atoms with E-state index in [1.54, 1.807) is 12.1 Å². The van der Waals surface area contributed by atoms with Gasteiger partial charge in [0.2, 0.25) is 5.91 Å². The number of carbonyl (C=O) groups excluding carboxylic acids is 3. The number of nitrogens with one attached hydrogen (secondary N) is 2. The lowest BCUT2D eigenvalue weighted by atomic mass is 9.93. The Labute approximate surface area is 281 Å². The van der Waals surface area contributed by atoms with Gasteiger partial charge in [0, 0.05) is 24.2 Å². The second-order valence-corrected chi connectivity index (χ2v) is 12.7. The minimum atomic E-state index is -0.792. The van der Waals surface area contributed by atoms with Gasteiger partial charge in [-0.1, -0.05) is 79.9 Å². The van der Waals surface area contributed by atoms with Crippen molar-refractivity contribution in [2.75, 3.05) is 18.5 Å². The Kier molecular flexibility index (Phi) is 10.9. The summed E-state index contributed by atoms with van der Waals surface area (Å²) in [7, 11) is 0. The highest BCUT2D eigenvalue weighted by Gasteiger charge is 2.30. The molecule has 4 aromatic rings. The number of rotatable bonds is 13. The van der Waals surface area contributed by atoms with Crippen molar-refractivity contribution in [2.45, 2.75) is 75.9 Å². The van der Waals surface area contributed by atoms with E-state index in [4.69, 9.17) is 14.9 Å². The van der Waals surface area contributed by atoms with E-state index in [1.807, 2.05) is 53.4 Å². The molecule has 0 aliphatic heterocycles. The summed E-state index contributed by atoms with van der Waals surface area (Å²) in [5.41, 5.74) is 11.8. The summed E-state index contributed by atoms with van der Waals surface area (Å²) in [5, 5.41) is 5.75. The second kappa shape index (κ2) is 15.8. The molecular formula is C39H44N4O5. The summed E-state index contributed by atoms with van der Waals surface area (Å²) in [6.45, 7) is 1.11. The smallest absolute Gasteiger partial charge is 0.407 e. The molecule has 0 saturated heterocycles. The SMILES string of the molecule is NCCCC[C@H](NC(=O)OCC1c2ccccc2-c2ccccc21)C(=O)Nc1ccc(CN(C(=O)c2ccco2)C2CCCCC2)cc1. The molecule has 4 N–H and O–H groups in total. The van der Waals surface area contributed by atoms with Gasteiger partial charge in [0.1, 0.15) is 12.6 Å². The molecule has 48 heavy (non-hydrogen) atoms. The summed E-state index contributed by atoms with van der Waals surface area (Å²) < 4.78 is 11.2. The van der Waals surface area contributed by atoms with Crippen LogP contribution in [-0.4, -0.2) is 48.0 Å². The molecule has 0 unspecified atom stereocenters. The minimum Gasteiger partial charge on any atom is -0.459 e. The Hall–Kier alpha value is -4.89. The van der Waals surface area contributed by atoms with Crippen LogP contribution in [0, 0.1) is 0 Å². The van der Waals surface area contributed by atoms with Crippen molar-refractivity contribution in [3.8, 4) is 11.1 Å². The molecule has 1 aromatic heterocycles. The standard InChI is InChI=1S/C39H44N4O5/c40-23-9-8-17-35(42-39(46)48-26-34-32-15-6-4-13-30(32)31-14-5-7-16-33(31)34)37(44)41-28-21-19-27(20-22-28)25-43(29-11-2-1-3-12-29)38(45)36-18-10-24-47-36/h4-7,10,13-16,18-22,24,29,34-35H,1-3,8-9,11-12,17,23,25-26,40H2,(H,41,44)(H,42,46)/t35-/m0/s1. The van der Waals surface area contributed by atoms with Crippen LogP contribution in [0.5, 0.6) is 0 Å². The number of anilines is 1. The van der Waals surface area contributed by atoms with Crippen molar-refractivity contribution in [3.05, 3.63) is 114 Å². The third-order valence-corrected chi connectivity index (χ3v) is 9.48. The normalized spacial score (nSPS) is 14.9. The minimum absolute atomic E-state index is 0.0744. The van der Waals surface area contributed by atoms with Crippen molar-refractivity contribution in [1.82, 2.24) is 10.2 Å². The fraction of sp³-hybridized carbons (Fsp3) is 0.359. The first-order valence-electron chi connectivity index (χ1n) is 17.1. The zero-order chi connectivity index (χ0) is 33.3. The van der Waals surface area contributed by atoms with Crippen LogP contribution in [-0.2, 0) is 16.1 Å². The second-order valence-electron chi connectivity index (χ2n) is 12.7. The number of hydrogen-bond acceptors (Lipinski definition) is 6. The first-order chi connectivity index (χ1) is 23.5. The molecule has 9 nitrogen and oxygen atoms in total. The Morgan fingerprint density at radius 2 is 1.54 bits per heavy atom. The Balaban J connectivity index is 1.08. The first-order valence-corrected chi connectivity index (χ1v) is 17.1. The molecule has 9 heteroatoms. The van der Waals surface area contributed by atoms with Gasteiger partial charge in [0.05, 0.1) is 6.26 Å². The molecule has 0 spiro atoms. The monoisotopic (exact) mass is 648 g/mol. The highest BCUT2D eigenvalue weighted by molar-refractivity contribution is 5.96. The molecule has 250 valence electrons. The molecule has 2 aliphatic rings. The third-order valence-electron chi connectivity index (χ3n) is 9.48. The van der Waals surface area contributed by atoms with Gasteiger partial charge in [-0.05, 0) is 90.7 Å². The van der Waals surface area contributed by atoms with E-state index in [2.05, 4.69) is 34.9 Å². The van der Waals surface area contributed by atoms with Gasteiger partial charge in [-0.15, -0.1) is 0 Å². The van der Waals surface area contributed by atoms with E-state index < -0.39 is 12.1 Å². The van der Waals surface area contributed by atoms with Gasteiger partial charge >= 0.3 is 6.09 Å². The van der Waals surface area contributed by atoms with Crippen LogP contribution in [0.3, 0.4) is 0 Å². The molecule has 0 radical (unpaired) electrons. The van der Waals surface area contributed by atoms with Gasteiger partial charge in [0.25, 0.3) is 5.91 Å². The number of carbonyl (C=O) groups is 3. The number of unbranched alkanes of at least 4 members (excludes halogenated alkanes) is 1. The number of hydrogen-bond donors (Lipinski definition) is 3. The van der Waals surface area contributed by atoms with E-state index in [0.29, 0.717) is 37.4 Å². The van der Waals surface area contributed by atoms with E-state index in [0.717, 1.165) is 59.9 Å². The largest absolute Gasteiger partial charge is 0.459 e. The fourth-order valence-electron chi connectivity index (χ4n) is 6.96. The molecule has 3 amide bonds. The van der Waals surface area contributed by atoms with Crippen molar-refractivity contribution < 1.29 is 23.5 Å². The fourth-order valence-corrected chi connectivity index (χ4v) is 6.96. The summed E-state index contributed by atoms with van der Waals surface area (Å²) >= 11 is 0. The van der Waals surface area contributed by atoms with Crippen LogP contribution in [0.25, 0.3) is 11.1 Å². The average Bonchev–Trinajstić information content (AvgIpc) is 3.77. The Bertz CT molecular complexity index is 1640. The zero-order valence-electron chi connectivity index (χ0n) is 27.2. The number of nitrogens with two attached hydrogens (primary N) is 1. The molecule has 1 saturated carbocycles. The van der Waals surface area contributed by atoms with Crippen molar-refractivity contribution in [3.63, 3.8) is 0 Å². The molecule has 2 aliphatic carbocycles. The summed E-state index contributed by atoms with van der Waals surface area (Å²) in [6.07, 6.45) is 8.08. The number of ether oxygens (including phenoxy) is 1. The van der Waals surface area contributed by atoms with Crippen LogP contribution in [0.2, 0.25) is 0 Å². The summed E-state index contributed by atoms with van der Waals surface area (Å²) in [5.74, 6) is -0.169. The van der Waals surface area contributed by atoms with E-state index in [-0.39, 0.29) is 30.4 Å². The van der Waals surface area contributed by atoms with Crippen molar-refractivity contribution >= 4 is 23.6 Å². The molecule has 3 aromatic carbocycles. The molecule has 1 fully saturated rings. The maximum Gasteiger partial charge on any atom is 0.407 e. The van der Waals surface area contributed by atoms with Crippen molar-refractivity contribution in [1.29, 1.82) is 0 Å². The van der Waals surface area contributed by atoms with E-state index in [9.17, 15) is 14.4 Å². The van der Waals surface area contributed by atoms with Gasteiger partial charge in [-0.3, -0.25) is 9.59 Å². The maximum atomic E-state index is 13.4. The first kappa shape index (κ1) is 33.0. The average molecular weight is 649 g/mol. The quantitative estimate of drug-likeness (QED) is 0.131. The predicted octanol–water partition coefficient (Wildman–Crippen LogP) is 7.23. The highest BCUT2D eigenvalue weighted by atomic mass is 16.5. The van der Waals surface area contributed by atoms with Gasteiger partial charge < -0.3 is 30.4 Å². The summed E-state index contributed by atoms with van der Waals surface area (Å²) in [6, 6.07) is 26.6. The molecule has 1 atom stereocenters. The maximum absolute atomic E-state index is 13.4. The molecular weight excluding hydrogens is 604 g/mol. The third kappa shape index (κ3) is 7.80. The van der Waals surface area contributed by atoms with Gasteiger partial charge in [-0.25, -0.2) is 4.79 Å². The molecule has 0 bridgehead atoms. The number of amides is 3. The van der Waals surface area contributed by atoms with Crippen LogP contribution < -0.4 is 16.4 Å². The Morgan fingerprint density at radius 3 is 2.19 bits per heavy atom. The Morgan fingerprint density at radius 1 is 0.854 bits per heavy atom. The number of benzene rings is 3. The van der Waals surface area contributed by atoms with Gasteiger partial charge in [-0.2, -0.15) is 0 Å². The zero-order valence-corrected chi connectivity index (χ0v) is 27.2. The lowest BCUT2D eigenvalue weighted by Gasteiger charge is -2.34. The van der Waals surface area contributed by atoms with Gasteiger partial charge in [0.15, 0.2) is 5.76 Å². The number of furan rings is 1. The van der Waals surface area contributed by atoms with Crippen LogP contribution in [0.15, 0.2) is 95.6 Å². The summed E-state index contributed by atoms with van der Waals surface area (Å²) in [4.78, 5) is 41.8. The lowest BCUT2D eigenvalue weighted by Crippen LogP contribution is -2.44. The highest BCUT2D eigenvalue weighted by Crippen LogP contribution is 2.44. The molecule has 1 heterocycles. The number of alkyl carbamates (subject to hydrolysis) is 1. The number of fused-ring (bicyclic) bond motifs is 3. The number of nitrogens with zero attached hydrogens (tertiary/aromatic N) is 1. The van der Waals surface area contributed by atoms with Crippen molar-refractivity contribution in [2.24, 2.45) is 5.73 Å². The van der Waals surface area contributed by atoms with E-state index >= 15 is 0 Å². The van der Waals surface area contributed by atoms with Crippen LogP contribution >= 0.6 is 0 Å².